The molecule has 0 fully saturated rings. The first-order valence-electron chi connectivity index (χ1n) is 3.98. The van der Waals surface area contributed by atoms with E-state index in [1.165, 1.54) is 0 Å². The van der Waals surface area contributed by atoms with E-state index in [9.17, 15) is 23.7 Å². The molecule has 0 bridgehead atoms. The van der Waals surface area contributed by atoms with Crippen molar-refractivity contribution >= 4 is 12.1 Å². The molecule has 0 saturated heterocycles. The highest BCUT2D eigenvalue weighted by Gasteiger charge is 2.26. The van der Waals surface area contributed by atoms with Gasteiger partial charge < -0.3 is 14.9 Å². The number of alkyl halides is 2. The van der Waals surface area contributed by atoms with Crippen LogP contribution in [-0.4, -0.2) is 23.3 Å². The van der Waals surface area contributed by atoms with Crippen LogP contribution in [0.4, 0.5) is 14.6 Å². The molecule has 0 spiro atoms. The van der Waals surface area contributed by atoms with E-state index in [2.05, 4.69) is 9.72 Å². The van der Waals surface area contributed by atoms with Gasteiger partial charge in [0.2, 0.25) is 11.4 Å². The fraction of sp³-hybridized carbons (Fsp3) is 0.250. The summed E-state index contributed by atoms with van der Waals surface area (Å²) in [4.78, 5) is 23.2. The van der Waals surface area contributed by atoms with Gasteiger partial charge >= 0.3 is 5.82 Å². The van der Waals surface area contributed by atoms with Crippen LogP contribution < -0.4 is 4.74 Å². The van der Waals surface area contributed by atoms with Crippen molar-refractivity contribution in [2.75, 3.05) is 7.11 Å². The zero-order valence-electron chi connectivity index (χ0n) is 8.02. The van der Waals surface area contributed by atoms with Gasteiger partial charge in [-0.3, -0.25) is 4.79 Å². The summed E-state index contributed by atoms with van der Waals surface area (Å²) >= 11 is 0. The van der Waals surface area contributed by atoms with Gasteiger partial charge in [-0.15, -0.1) is 0 Å². The SMILES string of the molecule is COc1cc(C(F)F)c(C=O)nc1[N+](=O)[O-]. The fourth-order valence-electron chi connectivity index (χ4n) is 1.06. The molecule has 0 aliphatic rings. The Morgan fingerprint density at radius 3 is 2.62 bits per heavy atom. The van der Waals surface area contributed by atoms with Gasteiger partial charge in [0.1, 0.15) is 0 Å². The highest BCUT2D eigenvalue weighted by Crippen LogP contribution is 2.31. The maximum absolute atomic E-state index is 12.4. The van der Waals surface area contributed by atoms with E-state index in [1.54, 1.807) is 0 Å². The molecule has 0 N–H and O–H groups in total. The first-order chi connectivity index (χ1) is 7.51. The molecule has 16 heavy (non-hydrogen) atoms. The van der Waals surface area contributed by atoms with Crippen molar-refractivity contribution in [3.8, 4) is 5.75 Å². The molecule has 1 rings (SSSR count). The maximum atomic E-state index is 12.4. The summed E-state index contributed by atoms with van der Waals surface area (Å²) in [6.07, 6.45) is -2.92. The largest absolute Gasteiger partial charge is 0.489 e. The zero-order chi connectivity index (χ0) is 12.3. The van der Waals surface area contributed by atoms with E-state index in [-0.39, 0.29) is 6.29 Å². The summed E-state index contributed by atoms with van der Waals surface area (Å²) in [5.74, 6) is -1.18. The number of carbonyl (C=O) groups excluding carboxylic acids is 1. The van der Waals surface area contributed by atoms with Crippen LogP contribution >= 0.6 is 0 Å². The van der Waals surface area contributed by atoms with E-state index in [4.69, 9.17) is 0 Å². The number of hydrogen-bond acceptors (Lipinski definition) is 5. The molecule has 1 heterocycles. The topological polar surface area (TPSA) is 82.3 Å². The Morgan fingerprint density at radius 2 is 2.25 bits per heavy atom. The van der Waals surface area contributed by atoms with Crippen LogP contribution in [0.15, 0.2) is 6.07 Å². The van der Waals surface area contributed by atoms with Crippen molar-refractivity contribution < 1.29 is 23.2 Å². The number of hydrogen-bond donors (Lipinski definition) is 0. The van der Waals surface area contributed by atoms with Gasteiger partial charge in [0, 0.05) is 6.07 Å². The third kappa shape index (κ3) is 2.10. The molecular formula is C8H6F2N2O4. The van der Waals surface area contributed by atoms with E-state index < -0.39 is 34.2 Å². The highest BCUT2D eigenvalue weighted by molar-refractivity contribution is 5.76. The van der Waals surface area contributed by atoms with Crippen molar-refractivity contribution in [2.24, 2.45) is 0 Å². The van der Waals surface area contributed by atoms with Crippen molar-refractivity contribution in [1.82, 2.24) is 4.98 Å². The van der Waals surface area contributed by atoms with Crippen molar-refractivity contribution in [2.45, 2.75) is 6.43 Å². The summed E-state index contributed by atoms with van der Waals surface area (Å²) in [5.41, 5.74) is -1.36. The predicted molar refractivity (Wildman–Crippen MR) is 47.8 cm³/mol. The predicted octanol–water partition coefficient (Wildman–Crippen LogP) is 1.75. The van der Waals surface area contributed by atoms with Crippen LogP contribution in [0.1, 0.15) is 22.5 Å². The summed E-state index contributed by atoms with van der Waals surface area (Å²) in [6, 6.07) is 0.736. The molecule has 0 aromatic carbocycles. The van der Waals surface area contributed by atoms with Crippen molar-refractivity contribution in [3.63, 3.8) is 0 Å². The third-order valence-electron chi connectivity index (χ3n) is 1.77. The number of nitrogens with zero attached hydrogens (tertiary/aromatic N) is 2. The van der Waals surface area contributed by atoms with Crippen molar-refractivity contribution in [1.29, 1.82) is 0 Å². The minimum Gasteiger partial charge on any atom is -0.489 e. The average molecular weight is 232 g/mol. The summed E-state index contributed by atoms with van der Waals surface area (Å²) < 4.78 is 29.4. The van der Waals surface area contributed by atoms with Gasteiger partial charge in [-0.05, 0) is 9.91 Å². The Balaban J connectivity index is 3.46. The van der Waals surface area contributed by atoms with E-state index in [0.29, 0.717) is 0 Å². The smallest absolute Gasteiger partial charge is 0.406 e. The van der Waals surface area contributed by atoms with Crippen LogP contribution in [0, 0.1) is 10.1 Å². The molecule has 86 valence electrons. The quantitative estimate of drug-likeness (QED) is 0.448. The molecule has 0 aliphatic heterocycles. The van der Waals surface area contributed by atoms with Gasteiger partial charge in [-0.2, -0.15) is 0 Å². The number of halogens is 2. The van der Waals surface area contributed by atoms with Crippen LogP contribution in [0.3, 0.4) is 0 Å². The third-order valence-corrected chi connectivity index (χ3v) is 1.77. The molecule has 0 amide bonds. The van der Waals surface area contributed by atoms with Gasteiger partial charge in [-0.1, -0.05) is 0 Å². The second-order valence-electron chi connectivity index (χ2n) is 2.66. The van der Waals surface area contributed by atoms with Crippen LogP contribution in [0.5, 0.6) is 5.75 Å². The minimum atomic E-state index is -2.96. The molecule has 0 aliphatic carbocycles. The first-order valence-corrected chi connectivity index (χ1v) is 3.98. The maximum Gasteiger partial charge on any atom is 0.406 e. The highest BCUT2D eigenvalue weighted by atomic mass is 19.3. The minimum absolute atomic E-state index is 0.0356. The number of nitro groups is 1. The zero-order valence-corrected chi connectivity index (χ0v) is 8.02. The Hall–Kier alpha value is -2.12. The number of rotatable bonds is 4. The van der Waals surface area contributed by atoms with Gasteiger partial charge in [0.25, 0.3) is 6.43 Å². The lowest BCUT2D eigenvalue weighted by Crippen LogP contribution is -2.04. The van der Waals surface area contributed by atoms with Crippen LogP contribution in [0.2, 0.25) is 0 Å². The lowest BCUT2D eigenvalue weighted by molar-refractivity contribution is -0.390. The second-order valence-corrected chi connectivity index (χ2v) is 2.66. The molecule has 0 atom stereocenters. The summed E-state index contributed by atoms with van der Waals surface area (Å²) in [7, 11) is 1.08. The summed E-state index contributed by atoms with van der Waals surface area (Å²) in [5, 5.41) is 10.5. The standard InChI is InChI=1S/C8H6F2N2O4/c1-16-6-2-4(7(9)10)5(3-13)11-8(6)12(14)15/h2-3,7H,1H3. The molecule has 0 saturated carbocycles. The van der Waals surface area contributed by atoms with E-state index in [0.717, 1.165) is 13.2 Å². The van der Waals surface area contributed by atoms with Crippen molar-refractivity contribution in [3.05, 3.63) is 27.4 Å². The number of carbonyl (C=O) groups is 1. The van der Waals surface area contributed by atoms with E-state index >= 15 is 0 Å². The first kappa shape index (κ1) is 12.0. The second kappa shape index (κ2) is 4.60. The lowest BCUT2D eigenvalue weighted by atomic mass is 10.2. The Morgan fingerprint density at radius 1 is 1.62 bits per heavy atom. The molecule has 1 aromatic rings. The number of ether oxygens (including phenoxy) is 1. The molecular weight excluding hydrogens is 226 g/mol. The fourth-order valence-corrected chi connectivity index (χ4v) is 1.06. The van der Waals surface area contributed by atoms with Gasteiger partial charge in [0.05, 0.1) is 12.7 Å². The number of pyridine rings is 1. The molecule has 0 unspecified atom stereocenters. The van der Waals surface area contributed by atoms with Crippen LogP contribution in [-0.2, 0) is 0 Å². The molecule has 1 aromatic heterocycles. The van der Waals surface area contributed by atoms with Gasteiger partial charge in [-0.25, -0.2) is 8.78 Å². The monoisotopic (exact) mass is 232 g/mol. The average Bonchev–Trinajstić information content (AvgIpc) is 2.26. The lowest BCUT2D eigenvalue weighted by Gasteiger charge is -2.04. The molecule has 6 nitrogen and oxygen atoms in total. The Kier molecular flexibility index (Phi) is 3.44. The Labute approximate surface area is 88.0 Å². The van der Waals surface area contributed by atoms with Crippen LogP contribution in [0.25, 0.3) is 0 Å². The van der Waals surface area contributed by atoms with Gasteiger partial charge in [0.15, 0.2) is 6.29 Å². The number of methoxy groups -OCH3 is 1. The number of aldehydes is 1. The number of aromatic nitrogens is 1. The Bertz CT molecular complexity index is 436. The summed E-state index contributed by atoms with van der Waals surface area (Å²) in [6.45, 7) is 0. The molecule has 8 heteroatoms. The van der Waals surface area contributed by atoms with E-state index in [1.807, 2.05) is 0 Å². The normalized spacial score (nSPS) is 10.2. The molecule has 0 radical (unpaired) electrons.